The van der Waals surface area contributed by atoms with E-state index in [4.69, 9.17) is 5.11 Å². The average molecular weight is 297 g/mol. The highest BCUT2D eigenvalue weighted by Gasteiger charge is 2.26. The zero-order chi connectivity index (χ0) is 15.4. The molecule has 0 spiro atoms. The quantitative estimate of drug-likeness (QED) is 0.906. The predicted molar refractivity (Wildman–Crippen MR) is 75.8 cm³/mol. The second-order valence-electron chi connectivity index (χ2n) is 5.95. The van der Waals surface area contributed by atoms with Gasteiger partial charge in [-0.25, -0.2) is 8.78 Å². The summed E-state index contributed by atoms with van der Waals surface area (Å²) in [5.74, 6) is -1.43. The third-order valence-electron chi connectivity index (χ3n) is 4.25. The van der Waals surface area contributed by atoms with Gasteiger partial charge in [0.25, 0.3) is 0 Å². The fourth-order valence-corrected chi connectivity index (χ4v) is 3.03. The van der Waals surface area contributed by atoms with Gasteiger partial charge in [0.15, 0.2) is 0 Å². The molecule has 1 heterocycles. The first kappa shape index (κ1) is 15.9. The van der Waals surface area contributed by atoms with E-state index in [1.807, 2.05) is 6.92 Å². The highest BCUT2D eigenvalue weighted by molar-refractivity contribution is 5.67. The molecule has 0 radical (unpaired) electrons. The van der Waals surface area contributed by atoms with Crippen molar-refractivity contribution in [1.82, 2.24) is 4.90 Å². The summed E-state index contributed by atoms with van der Waals surface area (Å²) in [6.07, 6.45) is 2.16. The molecular formula is C16H21F2NO2. The van der Waals surface area contributed by atoms with Gasteiger partial charge in [0.2, 0.25) is 0 Å². The molecule has 116 valence electrons. The van der Waals surface area contributed by atoms with Gasteiger partial charge in [-0.15, -0.1) is 0 Å². The number of halogens is 2. The van der Waals surface area contributed by atoms with E-state index >= 15 is 0 Å². The number of hydrogen-bond donors (Lipinski definition) is 1. The van der Waals surface area contributed by atoms with Gasteiger partial charge in [0, 0.05) is 31.1 Å². The number of rotatable bonds is 5. The number of aliphatic carboxylic acids is 1. The number of benzene rings is 1. The Morgan fingerprint density at radius 3 is 2.90 bits per heavy atom. The van der Waals surface area contributed by atoms with E-state index in [9.17, 15) is 13.6 Å². The summed E-state index contributed by atoms with van der Waals surface area (Å²) >= 11 is 0. The lowest BCUT2D eigenvalue weighted by Gasteiger charge is -2.35. The van der Waals surface area contributed by atoms with Gasteiger partial charge in [-0.1, -0.05) is 13.0 Å². The van der Waals surface area contributed by atoms with Crippen molar-refractivity contribution in [3.05, 3.63) is 35.4 Å². The van der Waals surface area contributed by atoms with Crippen LogP contribution in [0.15, 0.2) is 18.2 Å². The minimum absolute atomic E-state index is 0.114. The smallest absolute Gasteiger partial charge is 0.303 e. The Labute approximate surface area is 123 Å². The highest BCUT2D eigenvalue weighted by Crippen LogP contribution is 2.27. The number of hydrogen-bond acceptors (Lipinski definition) is 2. The molecule has 0 saturated carbocycles. The third kappa shape index (κ3) is 4.49. The molecular weight excluding hydrogens is 276 g/mol. The van der Waals surface area contributed by atoms with E-state index < -0.39 is 17.6 Å². The summed E-state index contributed by atoms with van der Waals surface area (Å²) in [5, 5.41) is 8.88. The van der Waals surface area contributed by atoms with Crippen LogP contribution < -0.4 is 0 Å². The maximum absolute atomic E-state index is 13.7. The van der Waals surface area contributed by atoms with E-state index in [-0.39, 0.29) is 12.3 Å². The molecule has 1 N–H and O–H groups in total. The topological polar surface area (TPSA) is 40.5 Å². The van der Waals surface area contributed by atoms with E-state index in [0.29, 0.717) is 18.0 Å². The maximum Gasteiger partial charge on any atom is 0.303 e. The molecule has 0 bridgehead atoms. The van der Waals surface area contributed by atoms with Crippen molar-refractivity contribution >= 4 is 5.97 Å². The average Bonchev–Trinajstić information content (AvgIpc) is 2.41. The van der Waals surface area contributed by atoms with E-state index in [2.05, 4.69) is 4.90 Å². The summed E-state index contributed by atoms with van der Waals surface area (Å²) in [5.41, 5.74) is 0.489. The van der Waals surface area contributed by atoms with Crippen molar-refractivity contribution in [3.63, 3.8) is 0 Å². The summed E-state index contributed by atoms with van der Waals surface area (Å²) in [4.78, 5) is 12.9. The standard InChI is InChI=1S/C16H21F2NO2/c1-11(7-16(20)21)12-3-2-6-19(9-12)10-13-4-5-14(17)8-15(13)18/h4-5,8,11-12H,2-3,6-7,9-10H2,1H3,(H,20,21). The first-order valence-electron chi connectivity index (χ1n) is 7.33. The summed E-state index contributed by atoms with van der Waals surface area (Å²) < 4.78 is 26.6. The second kappa shape index (κ2) is 6.98. The first-order chi connectivity index (χ1) is 9.95. The van der Waals surface area contributed by atoms with Gasteiger partial charge >= 0.3 is 5.97 Å². The van der Waals surface area contributed by atoms with Crippen molar-refractivity contribution in [2.24, 2.45) is 11.8 Å². The Morgan fingerprint density at radius 1 is 1.48 bits per heavy atom. The predicted octanol–water partition coefficient (Wildman–Crippen LogP) is 3.29. The molecule has 2 rings (SSSR count). The molecule has 21 heavy (non-hydrogen) atoms. The van der Waals surface area contributed by atoms with Crippen LogP contribution in [0.1, 0.15) is 31.7 Å². The molecule has 1 aromatic carbocycles. The zero-order valence-corrected chi connectivity index (χ0v) is 12.2. The molecule has 5 heteroatoms. The number of carboxylic acid groups (broad SMARTS) is 1. The molecule has 1 saturated heterocycles. The molecule has 2 unspecified atom stereocenters. The summed E-state index contributed by atoms with van der Waals surface area (Å²) in [7, 11) is 0. The molecule has 0 aromatic heterocycles. The van der Waals surface area contributed by atoms with Crippen LogP contribution in [0.3, 0.4) is 0 Å². The van der Waals surface area contributed by atoms with Gasteiger partial charge in [0.05, 0.1) is 0 Å². The Bertz CT molecular complexity index is 507. The Hall–Kier alpha value is -1.49. The van der Waals surface area contributed by atoms with Crippen LogP contribution in [0.25, 0.3) is 0 Å². The van der Waals surface area contributed by atoms with Crippen LogP contribution in [-0.4, -0.2) is 29.1 Å². The lowest BCUT2D eigenvalue weighted by molar-refractivity contribution is -0.138. The number of carboxylic acids is 1. The van der Waals surface area contributed by atoms with Crippen molar-refractivity contribution in [2.75, 3.05) is 13.1 Å². The van der Waals surface area contributed by atoms with Crippen molar-refractivity contribution in [3.8, 4) is 0 Å². The fourth-order valence-electron chi connectivity index (χ4n) is 3.03. The molecule has 2 atom stereocenters. The lowest BCUT2D eigenvalue weighted by atomic mass is 9.84. The number of piperidine rings is 1. The lowest BCUT2D eigenvalue weighted by Crippen LogP contribution is -2.38. The fraction of sp³-hybridized carbons (Fsp3) is 0.562. The summed E-state index contributed by atoms with van der Waals surface area (Å²) in [6, 6.07) is 3.66. The van der Waals surface area contributed by atoms with Gasteiger partial charge < -0.3 is 5.11 Å². The van der Waals surface area contributed by atoms with E-state index in [1.54, 1.807) is 0 Å². The number of likely N-dealkylation sites (tertiary alicyclic amines) is 1. The molecule has 1 aliphatic rings. The molecule has 3 nitrogen and oxygen atoms in total. The second-order valence-corrected chi connectivity index (χ2v) is 5.95. The van der Waals surface area contributed by atoms with Crippen molar-refractivity contribution in [2.45, 2.75) is 32.7 Å². The van der Waals surface area contributed by atoms with E-state index in [1.165, 1.54) is 12.1 Å². The largest absolute Gasteiger partial charge is 0.481 e. The van der Waals surface area contributed by atoms with Gasteiger partial charge in [-0.05, 0) is 37.3 Å². The zero-order valence-electron chi connectivity index (χ0n) is 12.2. The number of carbonyl (C=O) groups is 1. The normalized spacial score (nSPS) is 21.2. The van der Waals surface area contributed by atoms with Crippen LogP contribution in [0.2, 0.25) is 0 Å². The Morgan fingerprint density at radius 2 is 2.24 bits per heavy atom. The van der Waals surface area contributed by atoms with E-state index in [0.717, 1.165) is 32.0 Å². The Kier molecular flexibility index (Phi) is 5.28. The van der Waals surface area contributed by atoms with Crippen LogP contribution in [0.4, 0.5) is 8.78 Å². The van der Waals surface area contributed by atoms with Crippen molar-refractivity contribution < 1.29 is 18.7 Å². The highest BCUT2D eigenvalue weighted by atomic mass is 19.1. The Balaban J connectivity index is 1.96. The molecule has 1 fully saturated rings. The van der Waals surface area contributed by atoms with Crippen LogP contribution in [0.5, 0.6) is 0 Å². The minimum atomic E-state index is -0.774. The maximum atomic E-state index is 13.7. The number of nitrogens with zero attached hydrogens (tertiary/aromatic N) is 1. The molecule has 1 aliphatic heterocycles. The molecule has 1 aromatic rings. The minimum Gasteiger partial charge on any atom is -0.481 e. The SMILES string of the molecule is CC(CC(=O)O)C1CCCN(Cc2ccc(F)cc2F)C1. The van der Waals surface area contributed by atoms with Crippen LogP contribution in [-0.2, 0) is 11.3 Å². The van der Waals surface area contributed by atoms with Gasteiger partial charge in [-0.3, -0.25) is 9.69 Å². The summed E-state index contributed by atoms with van der Waals surface area (Å²) in [6.45, 7) is 4.04. The van der Waals surface area contributed by atoms with Crippen LogP contribution >= 0.6 is 0 Å². The van der Waals surface area contributed by atoms with Gasteiger partial charge in [-0.2, -0.15) is 0 Å². The van der Waals surface area contributed by atoms with Crippen molar-refractivity contribution in [1.29, 1.82) is 0 Å². The third-order valence-corrected chi connectivity index (χ3v) is 4.25. The monoisotopic (exact) mass is 297 g/mol. The first-order valence-corrected chi connectivity index (χ1v) is 7.33. The molecule has 0 amide bonds. The molecule has 0 aliphatic carbocycles. The van der Waals surface area contributed by atoms with Crippen LogP contribution in [0, 0.1) is 23.5 Å². The van der Waals surface area contributed by atoms with Gasteiger partial charge in [0.1, 0.15) is 11.6 Å².